The quantitative estimate of drug-likeness (QED) is 0.0693. The lowest BCUT2D eigenvalue weighted by molar-refractivity contribution is -0.137. The fourth-order valence-electron chi connectivity index (χ4n) is 6.11. The van der Waals surface area contributed by atoms with Crippen LogP contribution in [0.3, 0.4) is 0 Å². The molecule has 0 unspecified atom stereocenters. The summed E-state index contributed by atoms with van der Waals surface area (Å²) in [5.74, 6) is 7.09. The minimum atomic E-state index is -0.146. The zero-order valence-corrected chi connectivity index (χ0v) is 32.2. The van der Waals surface area contributed by atoms with Crippen molar-refractivity contribution in [2.45, 2.75) is 51.7 Å². The van der Waals surface area contributed by atoms with Crippen molar-refractivity contribution in [1.29, 1.82) is 0 Å². The van der Waals surface area contributed by atoms with Gasteiger partial charge in [0.15, 0.2) is 5.82 Å². The van der Waals surface area contributed by atoms with E-state index in [2.05, 4.69) is 63.5 Å². The molecule has 3 aromatic rings. The predicted molar refractivity (Wildman–Crippen MR) is 210 cm³/mol. The van der Waals surface area contributed by atoms with E-state index in [0.717, 1.165) is 65.8 Å². The van der Waals surface area contributed by atoms with Crippen LogP contribution in [0.5, 0.6) is 0 Å². The van der Waals surface area contributed by atoms with Crippen LogP contribution in [0, 0.1) is 18.8 Å². The molecule has 2 aromatic carbocycles. The number of rotatable bonds is 10. The van der Waals surface area contributed by atoms with E-state index in [0.29, 0.717) is 35.2 Å². The zero-order chi connectivity index (χ0) is 35.8. The number of esters is 1. The molecule has 50 heavy (non-hydrogen) atoms. The summed E-state index contributed by atoms with van der Waals surface area (Å²) in [4.78, 5) is 20.3. The molecule has 2 fully saturated rings. The first-order valence-corrected chi connectivity index (χ1v) is 19.4. The second-order valence-electron chi connectivity index (χ2n) is 12.5. The lowest BCUT2D eigenvalue weighted by atomic mass is 9.81. The van der Waals surface area contributed by atoms with Gasteiger partial charge in [-0.25, -0.2) is 0 Å². The highest BCUT2D eigenvalue weighted by Crippen LogP contribution is 2.36. The van der Waals surface area contributed by atoms with Crippen LogP contribution >= 0.6 is 46.7 Å². The third-order valence-corrected chi connectivity index (χ3v) is 11.3. The Morgan fingerprint density at radius 1 is 0.960 bits per heavy atom. The van der Waals surface area contributed by atoms with E-state index in [1.807, 2.05) is 43.0 Å². The SMILES string of the molecule is C.C/C(N)=N/O.COC(=O)CSC[C@H]1CN(C)CC[C@@H]1c1ccc(Cl)cc1.Cc1noc(CSC[C@H]2CN(C)CC[C@@H]2c2ccc(Cl)cc2)n1. The number of benzene rings is 2. The lowest BCUT2D eigenvalue weighted by Crippen LogP contribution is -2.38. The summed E-state index contributed by atoms with van der Waals surface area (Å²) in [7, 11) is 5.81. The average molecular weight is 770 g/mol. The number of halogens is 2. The summed E-state index contributed by atoms with van der Waals surface area (Å²) in [6.07, 6.45) is 2.35. The summed E-state index contributed by atoms with van der Waals surface area (Å²) in [5, 5.41) is 15.6. The molecule has 14 heteroatoms. The van der Waals surface area contributed by atoms with Gasteiger partial charge in [-0.1, -0.05) is 65.2 Å². The van der Waals surface area contributed by atoms with Crippen LogP contribution < -0.4 is 5.73 Å². The molecule has 278 valence electrons. The standard InChI is InChI=1S/C17H22ClN3OS.C16H22ClNO2S.C2H6N2O.CH4/c1-12-19-17(22-20-12)11-23-10-14-9-21(2)8-7-16(14)13-3-5-15(18)6-4-13;1-18-8-7-15(12-3-5-14(17)6-4-12)13(9-18)10-21-11-16(19)20-2;1-2(3)4-5;/h3-6,14,16H,7-11H2,1-2H3;3-6,13,15H,7-11H2,1-2H3;5H,1H3,(H2,3,4);1H4/t14-,16-;13-,15-;;/m11../s1. The third-order valence-electron chi connectivity index (χ3n) is 8.53. The summed E-state index contributed by atoms with van der Waals surface area (Å²) in [6.45, 7) is 7.82. The molecule has 5 rings (SSSR count). The van der Waals surface area contributed by atoms with Gasteiger partial charge in [-0.15, -0.1) is 11.8 Å². The minimum Gasteiger partial charge on any atom is -0.468 e. The maximum Gasteiger partial charge on any atom is 0.315 e. The number of likely N-dealkylation sites (tertiary alicyclic amines) is 2. The Hall–Kier alpha value is -2.48. The van der Waals surface area contributed by atoms with Gasteiger partial charge in [0.05, 0.1) is 18.6 Å². The molecule has 2 aliphatic heterocycles. The number of aromatic nitrogens is 2. The molecule has 0 radical (unpaired) electrons. The fraction of sp³-hybridized carbons (Fsp3) is 0.556. The van der Waals surface area contributed by atoms with E-state index in [1.54, 1.807) is 11.8 Å². The Kier molecular flexibility index (Phi) is 20.2. The summed E-state index contributed by atoms with van der Waals surface area (Å²) in [6, 6.07) is 16.6. The van der Waals surface area contributed by atoms with Gasteiger partial charge in [-0.05, 0) is 124 Å². The number of carbonyl (C=O) groups excluding carboxylic acids is 1. The number of piperidine rings is 2. The van der Waals surface area contributed by atoms with E-state index in [1.165, 1.54) is 31.6 Å². The molecule has 0 bridgehead atoms. The van der Waals surface area contributed by atoms with E-state index in [4.69, 9.17) is 43.4 Å². The largest absolute Gasteiger partial charge is 0.468 e. The van der Waals surface area contributed by atoms with Crippen molar-refractivity contribution in [3.63, 3.8) is 0 Å². The van der Waals surface area contributed by atoms with Crippen LogP contribution in [0.25, 0.3) is 0 Å². The average Bonchev–Trinajstić information content (AvgIpc) is 3.51. The second kappa shape index (κ2) is 23.2. The van der Waals surface area contributed by atoms with Gasteiger partial charge in [0.2, 0.25) is 5.89 Å². The highest BCUT2D eigenvalue weighted by Gasteiger charge is 2.30. The molecular formula is C36H54Cl2N6O4S2. The topological polar surface area (TPSA) is 130 Å². The number of aryl methyl sites for hydroxylation is 1. The van der Waals surface area contributed by atoms with Crippen molar-refractivity contribution in [2.75, 3.05) is 64.6 Å². The molecule has 0 aliphatic carbocycles. The third kappa shape index (κ3) is 15.4. The van der Waals surface area contributed by atoms with Crippen LogP contribution in [-0.2, 0) is 15.3 Å². The number of nitrogens with zero attached hydrogens (tertiary/aromatic N) is 5. The first-order chi connectivity index (χ1) is 23.5. The molecule has 0 saturated carbocycles. The van der Waals surface area contributed by atoms with Crippen LogP contribution in [0.2, 0.25) is 10.0 Å². The first-order valence-electron chi connectivity index (χ1n) is 16.3. The molecule has 3 N–H and O–H groups in total. The van der Waals surface area contributed by atoms with Gasteiger partial charge in [0.1, 0.15) is 5.84 Å². The molecule has 10 nitrogen and oxygen atoms in total. The number of hydrogen-bond acceptors (Lipinski definition) is 11. The number of ether oxygens (including phenoxy) is 1. The lowest BCUT2D eigenvalue weighted by Gasteiger charge is -2.37. The fourth-order valence-corrected chi connectivity index (χ4v) is 8.46. The van der Waals surface area contributed by atoms with Crippen LogP contribution in [0.4, 0.5) is 0 Å². The number of oxime groups is 1. The van der Waals surface area contributed by atoms with E-state index in [-0.39, 0.29) is 19.2 Å². The van der Waals surface area contributed by atoms with Crippen molar-refractivity contribution >= 4 is 58.5 Å². The molecule has 4 atom stereocenters. The molecule has 0 spiro atoms. The van der Waals surface area contributed by atoms with Crippen molar-refractivity contribution in [3.05, 3.63) is 81.4 Å². The predicted octanol–water partition coefficient (Wildman–Crippen LogP) is 7.67. The summed E-state index contributed by atoms with van der Waals surface area (Å²) in [5.41, 5.74) is 7.55. The Labute approximate surface area is 316 Å². The van der Waals surface area contributed by atoms with Crippen molar-refractivity contribution in [3.8, 4) is 0 Å². The van der Waals surface area contributed by atoms with Crippen LogP contribution in [0.15, 0.2) is 58.2 Å². The van der Waals surface area contributed by atoms with Gasteiger partial charge >= 0.3 is 5.97 Å². The molecule has 0 amide bonds. The molecule has 3 heterocycles. The van der Waals surface area contributed by atoms with Crippen molar-refractivity contribution in [1.82, 2.24) is 19.9 Å². The van der Waals surface area contributed by atoms with Crippen molar-refractivity contribution in [2.24, 2.45) is 22.7 Å². The number of hydrogen-bond donors (Lipinski definition) is 2. The molecule has 2 aliphatic rings. The van der Waals surface area contributed by atoms with Crippen LogP contribution in [0.1, 0.15) is 61.9 Å². The monoisotopic (exact) mass is 768 g/mol. The molecular weight excluding hydrogens is 715 g/mol. The number of nitrogens with two attached hydrogens (primary N) is 1. The van der Waals surface area contributed by atoms with E-state index < -0.39 is 0 Å². The Morgan fingerprint density at radius 2 is 1.42 bits per heavy atom. The Balaban J connectivity index is 0.000000301. The summed E-state index contributed by atoms with van der Waals surface area (Å²) >= 11 is 15.6. The number of methoxy groups -OCH3 is 1. The summed E-state index contributed by atoms with van der Waals surface area (Å²) < 4.78 is 9.89. The van der Waals surface area contributed by atoms with Gasteiger partial charge in [-0.2, -0.15) is 16.7 Å². The van der Waals surface area contributed by atoms with Gasteiger partial charge in [-0.3, -0.25) is 4.79 Å². The maximum absolute atomic E-state index is 11.2. The van der Waals surface area contributed by atoms with Gasteiger partial charge in [0.25, 0.3) is 0 Å². The number of amidine groups is 1. The number of carbonyl (C=O) groups is 1. The van der Waals surface area contributed by atoms with Crippen molar-refractivity contribution < 1.29 is 19.3 Å². The Bertz CT molecular complexity index is 1430. The van der Waals surface area contributed by atoms with Crippen LogP contribution in [-0.4, -0.2) is 102 Å². The highest BCUT2D eigenvalue weighted by atomic mass is 35.5. The maximum atomic E-state index is 11.2. The van der Waals surface area contributed by atoms with Gasteiger partial charge < -0.3 is 30.0 Å². The van der Waals surface area contributed by atoms with E-state index in [9.17, 15) is 4.79 Å². The normalized spacial score (nSPS) is 21.1. The minimum absolute atomic E-state index is 0. The highest BCUT2D eigenvalue weighted by molar-refractivity contribution is 7.99. The molecule has 2 saturated heterocycles. The smallest absolute Gasteiger partial charge is 0.315 e. The Morgan fingerprint density at radius 3 is 1.82 bits per heavy atom. The van der Waals surface area contributed by atoms with E-state index >= 15 is 0 Å². The number of thioether (sulfide) groups is 2. The second-order valence-corrected chi connectivity index (χ2v) is 15.5. The van der Waals surface area contributed by atoms with Gasteiger partial charge in [0, 0.05) is 23.1 Å². The zero-order valence-electron chi connectivity index (χ0n) is 29.1. The molecule has 1 aromatic heterocycles. The first kappa shape index (κ1) is 43.7.